The lowest BCUT2D eigenvalue weighted by molar-refractivity contribution is -0.131. The Labute approximate surface area is 136 Å². The predicted molar refractivity (Wildman–Crippen MR) is 88.4 cm³/mol. The SMILES string of the molecule is Cc1nc(=O)[nH]c(C)c1CCC(=O)N1C[C@H]2CC[C@@H](C1)N(C)C2. The molecule has 6 nitrogen and oxygen atoms in total. The van der Waals surface area contributed by atoms with Gasteiger partial charge in [-0.25, -0.2) is 4.79 Å². The molecule has 3 saturated heterocycles. The maximum Gasteiger partial charge on any atom is 0.345 e. The summed E-state index contributed by atoms with van der Waals surface area (Å²) < 4.78 is 0. The molecule has 3 aliphatic rings. The average Bonchev–Trinajstić information content (AvgIpc) is 2.77. The number of aromatic amines is 1. The maximum absolute atomic E-state index is 12.7. The van der Waals surface area contributed by atoms with Gasteiger partial charge in [-0.15, -0.1) is 0 Å². The first-order chi connectivity index (χ1) is 10.9. The van der Waals surface area contributed by atoms with Crippen molar-refractivity contribution in [3.63, 3.8) is 0 Å². The molecular weight excluding hydrogens is 292 g/mol. The molecule has 1 aromatic heterocycles. The van der Waals surface area contributed by atoms with Gasteiger partial charge in [0.1, 0.15) is 0 Å². The van der Waals surface area contributed by atoms with Gasteiger partial charge in [0.2, 0.25) is 5.91 Å². The molecule has 126 valence electrons. The zero-order valence-electron chi connectivity index (χ0n) is 14.3. The van der Waals surface area contributed by atoms with Crippen molar-refractivity contribution >= 4 is 5.91 Å². The quantitative estimate of drug-likeness (QED) is 0.898. The van der Waals surface area contributed by atoms with Crippen molar-refractivity contribution in [1.29, 1.82) is 0 Å². The van der Waals surface area contributed by atoms with E-state index in [1.54, 1.807) is 0 Å². The van der Waals surface area contributed by atoms with Gasteiger partial charge in [0.05, 0.1) is 0 Å². The van der Waals surface area contributed by atoms with Crippen LogP contribution >= 0.6 is 0 Å². The Morgan fingerprint density at radius 3 is 2.74 bits per heavy atom. The van der Waals surface area contributed by atoms with E-state index in [9.17, 15) is 9.59 Å². The maximum atomic E-state index is 12.7. The monoisotopic (exact) mass is 318 g/mol. The first-order valence-electron chi connectivity index (χ1n) is 8.48. The summed E-state index contributed by atoms with van der Waals surface area (Å²) in [6, 6.07) is 0.510. The van der Waals surface area contributed by atoms with Crippen molar-refractivity contribution in [2.45, 2.75) is 45.6 Å². The van der Waals surface area contributed by atoms with Crippen molar-refractivity contribution in [3.05, 3.63) is 27.4 Å². The minimum absolute atomic E-state index is 0.224. The Kier molecular flexibility index (Phi) is 4.53. The highest BCUT2D eigenvalue weighted by molar-refractivity contribution is 5.76. The van der Waals surface area contributed by atoms with Gasteiger partial charge in [0, 0.05) is 43.5 Å². The molecule has 1 aromatic rings. The molecule has 3 fully saturated rings. The van der Waals surface area contributed by atoms with Gasteiger partial charge >= 0.3 is 5.69 Å². The highest BCUT2D eigenvalue weighted by Gasteiger charge is 2.34. The van der Waals surface area contributed by atoms with Crippen LogP contribution in [-0.2, 0) is 11.2 Å². The van der Waals surface area contributed by atoms with Crippen LogP contribution in [0, 0.1) is 19.8 Å². The van der Waals surface area contributed by atoms with Crippen molar-refractivity contribution in [2.75, 3.05) is 26.7 Å². The van der Waals surface area contributed by atoms with E-state index in [4.69, 9.17) is 0 Å². The van der Waals surface area contributed by atoms with E-state index in [-0.39, 0.29) is 11.6 Å². The third-order valence-electron chi connectivity index (χ3n) is 5.38. The number of carbonyl (C=O) groups excluding carboxylic acids is 1. The number of amides is 1. The topological polar surface area (TPSA) is 69.3 Å². The van der Waals surface area contributed by atoms with Gasteiger partial charge in [-0.1, -0.05) is 0 Å². The van der Waals surface area contributed by atoms with E-state index in [2.05, 4.69) is 26.8 Å². The highest BCUT2D eigenvalue weighted by atomic mass is 16.2. The molecule has 4 rings (SSSR count). The molecule has 4 heterocycles. The Morgan fingerprint density at radius 1 is 1.26 bits per heavy atom. The molecule has 0 radical (unpaired) electrons. The highest BCUT2D eigenvalue weighted by Crippen LogP contribution is 2.27. The fourth-order valence-electron chi connectivity index (χ4n) is 4.03. The van der Waals surface area contributed by atoms with E-state index in [1.807, 2.05) is 13.8 Å². The third-order valence-corrected chi connectivity index (χ3v) is 5.38. The van der Waals surface area contributed by atoms with Crippen LogP contribution < -0.4 is 5.69 Å². The van der Waals surface area contributed by atoms with Crippen molar-refractivity contribution in [3.8, 4) is 0 Å². The van der Waals surface area contributed by atoms with E-state index >= 15 is 0 Å². The summed E-state index contributed by atoms with van der Waals surface area (Å²) in [5.74, 6) is 0.836. The number of hydrogen-bond acceptors (Lipinski definition) is 4. The van der Waals surface area contributed by atoms with Crippen LogP contribution in [0.25, 0.3) is 0 Å². The van der Waals surface area contributed by atoms with Crippen LogP contribution in [-0.4, -0.2) is 58.4 Å². The number of aryl methyl sites for hydroxylation is 2. The standard InChI is InChI=1S/C17H26N4O2/c1-11-15(12(2)19-17(23)18-11)6-7-16(22)21-9-13-4-5-14(10-21)20(3)8-13/h13-14H,4-10H2,1-3H3,(H,18,19,23)/t13-,14-/m0/s1. The van der Waals surface area contributed by atoms with E-state index in [1.165, 1.54) is 12.8 Å². The van der Waals surface area contributed by atoms with E-state index < -0.39 is 0 Å². The van der Waals surface area contributed by atoms with Crippen LogP contribution in [0.2, 0.25) is 0 Å². The molecule has 0 spiro atoms. The molecule has 0 aromatic carbocycles. The van der Waals surface area contributed by atoms with Gasteiger partial charge in [0.25, 0.3) is 0 Å². The number of likely N-dealkylation sites (N-methyl/N-ethyl adjacent to an activating group) is 1. The molecule has 1 N–H and O–H groups in total. The molecule has 1 amide bonds. The van der Waals surface area contributed by atoms with Gasteiger partial charge in [-0.05, 0) is 51.6 Å². The van der Waals surface area contributed by atoms with Crippen LogP contribution in [0.15, 0.2) is 4.79 Å². The summed E-state index contributed by atoms with van der Waals surface area (Å²) in [4.78, 5) is 35.1. The summed E-state index contributed by atoms with van der Waals surface area (Å²) in [6.45, 7) is 6.56. The number of rotatable bonds is 3. The Hall–Kier alpha value is -1.69. The number of piperidine rings is 1. The average molecular weight is 318 g/mol. The Morgan fingerprint density at radius 2 is 2.04 bits per heavy atom. The molecule has 0 saturated carbocycles. The zero-order valence-corrected chi connectivity index (χ0v) is 14.3. The number of aromatic nitrogens is 2. The number of fused-ring (bicyclic) bond motifs is 4. The van der Waals surface area contributed by atoms with Crippen LogP contribution in [0.4, 0.5) is 0 Å². The molecular formula is C17H26N4O2. The number of H-pyrrole nitrogens is 1. The minimum atomic E-state index is -0.317. The normalized spacial score (nSPS) is 24.7. The summed E-state index contributed by atoms with van der Waals surface area (Å²) >= 11 is 0. The summed E-state index contributed by atoms with van der Waals surface area (Å²) in [5, 5.41) is 0. The second-order valence-corrected chi connectivity index (χ2v) is 7.07. The molecule has 2 bridgehead atoms. The van der Waals surface area contributed by atoms with Crippen molar-refractivity contribution < 1.29 is 4.79 Å². The molecule has 6 heteroatoms. The van der Waals surface area contributed by atoms with Crippen molar-refractivity contribution in [2.24, 2.45) is 5.92 Å². The van der Waals surface area contributed by atoms with Crippen LogP contribution in [0.3, 0.4) is 0 Å². The van der Waals surface area contributed by atoms with Gasteiger partial charge in [0.15, 0.2) is 0 Å². The van der Waals surface area contributed by atoms with E-state index in [0.717, 1.165) is 36.6 Å². The van der Waals surface area contributed by atoms with Gasteiger partial charge in [-0.3, -0.25) is 4.79 Å². The smallest absolute Gasteiger partial charge is 0.341 e. The lowest BCUT2D eigenvalue weighted by atomic mass is 9.96. The molecule has 2 atom stereocenters. The minimum Gasteiger partial charge on any atom is -0.341 e. The first-order valence-corrected chi connectivity index (χ1v) is 8.48. The van der Waals surface area contributed by atoms with Crippen molar-refractivity contribution in [1.82, 2.24) is 19.8 Å². The van der Waals surface area contributed by atoms with Crippen LogP contribution in [0.1, 0.15) is 36.2 Å². The van der Waals surface area contributed by atoms with E-state index in [0.29, 0.717) is 24.8 Å². The summed E-state index contributed by atoms with van der Waals surface area (Å²) in [7, 11) is 2.17. The molecule has 3 aliphatic heterocycles. The summed E-state index contributed by atoms with van der Waals surface area (Å²) in [6.07, 6.45) is 3.56. The molecule has 0 unspecified atom stereocenters. The molecule has 0 aliphatic carbocycles. The second kappa shape index (κ2) is 6.43. The Balaban J connectivity index is 1.65. The fraction of sp³-hybridized carbons (Fsp3) is 0.706. The lowest BCUT2D eigenvalue weighted by Crippen LogP contribution is -2.42. The lowest BCUT2D eigenvalue weighted by Gasteiger charge is -2.32. The number of carbonyl (C=O) groups is 1. The number of nitrogens with zero attached hydrogens (tertiary/aromatic N) is 3. The fourth-order valence-corrected chi connectivity index (χ4v) is 4.03. The second-order valence-electron chi connectivity index (χ2n) is 7.07. The van der Waals surface area contributed by atoms with Gasteiger partial charge in [-0.2, -0.15) is 4.98 Å². The number of nitrogens with one attached hydrogen (secondary N) is 1. The zero-order chi connectivity index (χ0) is 16.6. The van der Waals surface area contributed by atoms with Crippen LogP contribution in [0.5, 0.6) is 0 Å². The molecule has 23 heavy (non-hydrogen) atoms. The third kappa shape index (κ3) is 3.47. The largest absolute Gasteiger partial charge is 0.345 e. The number of hydrogen-bond donors (Lipinski definition) is 1. The first kappa shape index (κ1) is 16.2. The van der Waals surface area contributed by atoms with Gasteiger partial charge < -0.3 is 14.8 Å². The predicted octanol–water partition coefficient (Wildman–Crippen LogP) is 0.872. The summed E-state index contributed by atoms with van der Waals surface area (Å²) in [5.41, 5.74) is 2.23. The Bertz CT molecular complexity index is 628.